The van der Waals surface area contributed by atoms with E-state index in [1.165, 1.54) is 12.3 Å². The molecule has 2 atom stereocenters. The van der Waals surface area contributed by atoms with Crippen LogP contribution < -0.4 is 11.1 Å². The van der Waals surface area contributed by atoms with Crippen LogP contribution >= 0.6 is 0 Å². The number of rotatable bonds is 7. The van der Waals surface area contributed by atoms with Crippen molar-refractivity contribution < 1.29 is 8.78 Å². The van der Waals surface area contributed by atoms with Gasteiger partial charge in [-0.3, -0.25) is 0 Å². The van der Waals surface area contributed by atoms with Crippen LogP contribution in [0.5, 0.6) is 0 Å². The quantitative estimate of drug-likeness (QED) is 0.522. The number of halogens is 2. The van der Waals surface area contributed by atoms with E-state index in [0.29, 0.717) is 17.7 Å². The summed E-state index contributed by atoms with van der Waals surface area (Å²) in [6.07, 6.45) is 1.24. The molecule has 0 amide bonds. The fraction of sp³-hybridized carbons (Fsp3) is 0.211. The van der Waals surface area contributed by atoms with Crippen LogP contribution in [0.1, 0.15) is 24.5 Å². The lowest BCUT2D eigenvalue weighted by molar-refractivity contribution is 0.567. The topological polar surface area (TPSA) is 98.1 Å². The van der Waals surface area contributed by atoms with Gasteiger partial charge in [0.05, 0.1) is 17.2 Å². The van der Waals surface area contributed by atoms with Crippen LogP contribution in [0.4, 0.5) is 14.5 Å². The molecule has 0 radical (unpaired) electrons. The average Bonchev–Trinajstić information content (AvgIpc) is 2.63. The second-order valence-electron chi connectivity index (χ2n) is 5.66. The molecule has 0 aromatic heterocycles. The van der Waals surface area contributed by atoms with E-state index in [2.05, 4.69) is 10.3 Å². The maximum Gasteiger partial charge on any atom is 0.137 e. The van der Waals surface area contributed by atoms with Gasteiger partial charge in [-0.2, -0.15) is 5.26 Å². The summed E-state index contributed by atoms with van der Waals surface area (Å²) in [7, 11) is 0. The third-order valence-electron chi connectivity index (χ3n) is 3.90. The highest BCUT2D eigenvalue weighted by Gasteiger charge is 2.19. The molecule has 2 aromatic rings. The highest BCUT2D eigenvalue weighted by Crippen LogP contribution is 2.18. The average molecular weight is 355 g/mol. The largest absolute Gasteiger partial charge is 0.383 e. The van der Waals surface area contributed by atoms with Crippen molar-refractivity contribution >= 4 is 17.7 Å². The molecule has 0 saturated heterocycles. The van der Waals surface area contributed by atoms with Crippen LogP contribution in [0.2, 0.25) is 0 Å². The lowest BCUT2D eigenvalue weighted by Crippen LogP contribution is -2.31. The van der Waals surface area contributed by atoms with Crippen molar-refractivity contribution in [3.63, 3.8) is 0 Å². The summed E-state index contributed by atoms with van der Waals surface area (Å²) in [5, 5.41) is 19.6. The molecule has 134 valence electrons. The molecular formula is C19H19F2N5. The number of hydrogen-bond acceptors (Lipinski definition) is 4. The fourth-order valence-electron chi connectivity index (χ4n) is 2.40. The summed E-state index contributed by atoms with van der Waals surface area (Å²) in [6, 6.07) is 11.8. The predicted molar refractivity (Wildman–Crippen MR) is 98.2 cm³/mol. The second kappa shape index (κ2) is 8.72. The molecule has 2 unspecified atom stereocenters. The minimum absolute atomic E-state index is 0.00198. The molecule has 0 fully saturated rings. The Bertz CT molecular complexity index is 840. The van der Waals surface area contributed by atoms with E-state index in [1.807, 2.05) is 13.0 Å². The predicted octanol–water partition coefficient (Wildman–Crippen LogP) is 3.66. The summed E-state index contributed by atoms with van der Waals surface area (Å²) < 4.78 is 27.0. The number of anilines is 1. The molecular weight excluding hydrogens is 336 g/mol. The molecule has 0 aliphatic carbocycles. The molecule has 0 saturated carbocycles. The number of nitrogens with one attached hydrogen (secondary N) is 2. The summed E-state index contributed by atoms with van der Waals surface area (Å²) >= 11 is 0. The van der Waals surface area contributed by atoms with Gasteiger partial charge in [-0.1, -0.05) is 6.92 Å². The maximum atomic E-state index is 13.9. The highest BCUT2D eigenvalue weighted by atomic mass is 19.1. The number of hydrogen-bond donors (Lipinski definition) is 3. The van der Waals surface area contributed by atoms with Crippen LogP contribution in [0.15, 0.2) is 47.5 Å². The molecule has 0 aliphatic rings. The molecule has 7 heteroatoms. The van der Waals surface area contributed by atoms with Crippen LogP contribution in [0, 0.1) is 34.3 Å². The number of benzene rings is 2. The Morgan fingerprint density at radius 2 is 2.00 bits per heavy atom. The molecule has 5 nitrogen and oxygen atoms in total. The number of aliphatic imine (C=N–C) groups is 1. The molecule has 2 rings (SSSR count). The van der Waals surface area contributed by atoms with Crippen molar-refractivity contribution in [1.82, 2.24) is 0 Å². The lowest BCUT2D eigenvalue weighted by Gasteiger charge is -2.22. The van der Waals surface area contributed by atoms with E-state index in [9.17, 15) is 8.78 Å². The summed E-state index contributed by atoms with van der Waals surface area (Å²) in [5.41, 5.74) is 7.12. The Balaban J connectivity index is 2.34. The Labute approximate surface area is 150 Å². The molecule has 2 aromatic carbocycles. The van der Waals surface area contributed by atoms with Crippen molar-refractivity contribution in [2.45, 2.75) is 19.5 Å². The number of nitrogens with two attached hydrogens (primary N) is 1. The van der Waals surface area contributed by atoms with Crippen molar-refractivity contribution in [3.8, 4) is 6.07 Å². The van der Waals surface area contributed by atoms with E-state index in [1.54, 1.807) is 24.3 Å². The molecule has 26 heavy (non-hydrogen) atoms. The third-order valence-corrected chi connectivity index (χ3v) is 3.90. The summed E-state index contributed by atoms with van der Waals surface area (Å²) in [4.78, 5) is 4.32. The van der Waals surface area contributed by atoms with Gasteiger partial charge in [0.2, 0.25) is 0 Å². The van der Waals surface area contributed by atoms with E-state index in [0.717, 1.165) is 12.1 Å². The first kappa shape index (κ1) is 19.1. The lowest BCUT2D eigenvalue weighted by atomic mass is 10.0. The summed E-state index contributed by atoms with van der Waals surface area (Å²) in [5.74, 6) is -1.87. The second-order valence-corrected chi connectivity index (χ2v) is 5.66. The van der Waals surface area contributed by atoms with Crippen LogP contribution in [0.25, 0.3) is 0 Å². The Hall–Kier alpha value is -3.27. The van der Waals surface area contributed by atoms with Gasteiger partial charge in [0.1, 0.15) is 23.6 Å². The van der Waals surface area contributed by atoms with Crippen molar-refractivity contribution in [1.29, 1.82) is 10.7 Å². The van der Waals surface area contributed by atoms with Gasteiger partial charge in [-0.25, -0.2) is 13.8 Å². The van der Waals surface area contributed by atoms with Gasteiger partial charge in [-0.05, 0) is 42.8 Å². The molecule has 0 aliphatic heterocycles. The zero-order valence-corrected chi connectivity index (χ0v) is 14.2. The van der Waals surface area contributed by atoms with Crippen molar-refractivity contribution in [2.75, 3.05) is 5.32 Å². The maximum absolute atomic E-state index is 13.9. The van der Waals surface area contributed by atoms with Crippen LogP contribution in [-0.4, -0.2) is 18.2 Å². The first-order chi connectivity index (χ1) is 12.5. The van der Waals surface area contributed by atoms with Crippen LogP contribution in [0.3, 0.4) is 0 Å². The summed E-state index contributed by atoms with van der Waals surface area (Å²) in [6.45, 7) is 1.90. The molecule has 4 N–H and O–H groups in total. The van der Waals surface area contributed by atoms with Gasteiger partial charge < -0.3 is 16.5 Å². The van der Waals surface area contributed by atoms with Crippen molar-refractivity contribution in [3.05, 3.63) is 65.2 Å². The zero-order valence-electron chi connectivity index (χ0n) is 14.2. The van der Waals surface area contributed by atoms with Crippen LogP contribution in [-0.2, 0) is 0 Å². The smallest absolute Gasteiger partial charge is 0.137 e. The standard InChI is InChI=1S/C19H19F2N5/c1-2-13(11-23)19(25-15-6-3-12(10-22)4-7-15)26-18(24)16-8-5-14(20)9-17(16)21/h3-9,11,13,19,23,25H,2H2,1H3,(H2,24,26). The minimum Gasteiger partial charge on any atom is -0.383 e. The monoisotopic (exact) mass is 355 g/mol. The number of amidine groups is 1. The molecule has 0 heterocycles. The molecule has 0 bridgehead atoms. The van der Waals surface area contributed by atoms with E-state index in [-0.39, 0.29) is 17.3 Å². The molecule has 0 spiro atoms. The Kier molecular flexibility index (Phi) is 6.39. The SMILES string of the molecule is CCC(C=N)C(N=C(N)c1ccc(F)cc1F)Nc1ccc(C#N)cc1. The van der Waals surface area contributed by atoms with Gasteiger partial charge in [-0.15, -0.1) is 0 Å². The fourth-order valence-corrected chi connectivity index (χ4v) is 2.40. The number of nitriles is 1. The minimum atomic E-state index is -0.800. The first-order valence-electron chi connectivity index (χ1n) is 8.04. The van der Waals surface area contributed by atoms with Gasteiger partial charge in [0.15, 0.2) is 0 Å². The zero-order chi connectivity index (χ0) is 19.1. The van der Waals surface area contributed by atoms with E-state index in [4.69, 9.17) is 16.4 Å². The Morgan fingerprint density at radius 1 is 1.31 bits per heavy atom. The van der Waals surface area contributed by atoms with Gasteiger partial charge >= 0.3 is 0 Å². The first-order valence-corrected chi connectivity index (χ1v) is 8.04. The van der Waals surface area contributed by atoms with Gasteiger partial charge in [0, 0.05) is 23.9 Å². The Morgan fingerprint density at radius 3 is 2.54 bits per heavy atom. The van der Waals surface area contributed by atoms with Crippen molar-refractivity contribution in [2.24, 2.45) is 16.6 Å². The van der Waals surface area contributed by atoms with E-state index >= 15 is 0 Å². The number of nitrogens with zero attached hydrogens (tertiary/aromatic N) is 2. The normalized spacial score (nSPS) is 13.5. The highest BCUT2D eigenvalue weighted by molar-refractivity contribution is 5.98. The van der Waals surface area contributed by atoms with E-state index < -0.39 is 17.8 Å². The third kappa shape index (κ3) is 4.63. The van der Waals surface area contributed by atoms with Gasteiger partial charge in [0.25, 0.3) is 0 Å².